The minimum atomic E-state index is -0.465. The van der Waals surface area contributed by atoms with Crippen LogP contribution in [-0.2, 0) is 14.3 Å². The maximum Gasteiger partial charge on any atom is 0.222 e. The SMILES string of the molecule is CC(C)CC(=O)N1CC2(COC(C)(C)OC2)C1. The van der Waals surface area contributed by atoms with Gasteiger partial charge in [-0.15, -0.1) is 0 Å². The molecule has 0 atom stereocenters. The smallest absolute Gasteiger partial charge is 0.222 e. The average molecular weight is 241 g/mol. The van der Waals surface area contributed by atoms with E-state index in [1.807, 2.05) is 18.7 Å². The molecule has 0 bridgehead atoms. The highest BCUT2D eigenvalue weighted by atomic mass is 16.7. The Bertz CT molecular complexity index is 294. The molecule has 0 radical (unpaired) electrons. The molecule has 0 N–H and O–H groups in total. The van der Waals surface area contributed by atoms with E-state index in [0.29, 0.717) is 25.6 Å². The fourth-order valence-electron chi connectivity index (χ4n) is 2.34. The molecule has 17 heavy (non-hydrogen) atoms. The Labute approximate surface area is 103 Å². The van der Waals surface area contributed by atoms with Gasteiger partial charge in [0.15, 0.2) is 5.79 Å². The first-order valence-electron chi connectivity index (χ1n) is 6.38. The van der Waals surface area contributed by atoms with Crippen molar-refractivity contribution in [2.45, 2.75) is 39.9 Å². The van der Waals surface area contributed by atoms with Crippen molar-refractivity contribution in [2.24, 2.45) is 11.3 Å². The van der Waals surface area contributed by atoms with E-state index in [4.69, 9.17) is 9.47 Å². The summed E-state index contributed by atoms with van der Waals surface area (Å²) in [6.07, 6.45) is 0.642. The average Bonchev–Trinajstić information content (AvgIpc) is 2.13. The monoisotopic (exact) mass is 241 g/mol. The van der Waals surface area contributed by atoms with Gasteiger partial charge in [-0.2, -0.15) is 0 Å². The Kier molecular flexibility index (Phi) is 3.21. The van der Waals surface area contributed by atoms with Gasteiger partial charge in [0.2, 0.25) is 5.91 Å². The summed E-state index contributed by atoms with van der Waals surface area (Å²) in [5.74, 6) is 0.223. The minimum absolute atomic E-state index is 0.0577. The van der Waals surface area contributed by atoms with Gasteiger partial charge >= 0.3 is 0 Å². The Balaban J connectivity index is 1.80. The van der Waals surface area contributed by atoms with Gasteiger partial charge in [0.05, 0.1) is 18.6 Å². The molecular formula is C13H23NO3. The van der Waals surface area contributed by atoms with E-state index in [1.54, 1.807) is 0 Å². The van der Waals surface area contributed by atoms with Crippen molar-refractivity contribution in [3.63, 3.8) is 0 Å². The first kappa shape index (κ1) is 12.8. The van der Waals surface area contributed by atoms with Gasteiger partial charge in [0, 0.05) is 19.5 Å². The summed E-state index contributed by atoms with van der Waals surface area (Å²) in [7, 11) is 0. The zero-order valence-corrected chi connectivity index (χ0v) is 11.3. The van der Waals surface area contributed by atoms with E-state index >= 15 is 0 Å². The van der Waals surface area contributed by atoms with Gasteiger partial charge in [-0.25, -0.2) is 0 Å². The van der Waals surface area contributed by atoms with Crippen LogP contribution < -0.4 is 0 Å². The Morgan fingerprint density at radius 1 is 1.24 bits per heavy atom. The van der Waals surface area contributed by atoms with Crippen molar-refractivity contribution < 1.29 is 14.3 Å². The number of carbonyl (C=O) groups excluding carboxylic acids is 1. The van der Waals surface area contributed by atoms with Crippen molar-refractivity contribution >= 4 is 5.91 Å². The quantitative estimate of drug-likeness (QED) is 0.738. The molecule has 0 aromatic heterocycles. The molecule has 4 nitrogen and oxygen atoms in total. The lowest BCUT2D eigenvalue weighted by atomic mass is 9.80. The van der Waals surface area contributed by atoms with Crippen LogP contribution in [0.1, 0.15) is 34.1 Å². The summed E-state index contributed by atoms with van der Waals surface area (Å²) in [5.41, 5.74) is 0.0577. The summed E-state index contributed by atoms with van der Waals surface area (Å²) in [6, 6.07) is 0. The van der Waals surface area contributed by atoms with Gasteiger partial charge in [-0.3, -0.25) is 4.79 Å². The second kappa shape index (κ2) is 4.25. The lowest BCUT2D eigenvalue weighted by molar-refractivity contribution is -0.303. The second-order valence-corrected chi connectivity index (χ2v) is 6.32. The van der Waals surface area contributed by atoms with Crippen molar-refractivity contribution in [3.8, 4) is 0 Å². The molecule has 1 amide bonds. The number of amides is 1. The maximum absolute atomic E-state index is 11.8. The number of ether oxygens (including phenoxy) is 2. The number of nitrogens with zero attached hydrogens (tertiary/aromatic N) is 1. The van der Waals surface area contributed by atoms with Gasteiger partial charge < -0.3 is 14.4 Å². The van der Waals surface area contributed by atoms with Crippen LogP contribution >= 0.6 is 0 Å². The number of likely N-dealkylation sites (tertiary alicyclic amines) is 1. The molecule has 0 saturated carbocycles. The number of hydrogen-bond acceptors (Lipinski definition) is 3. The van der Waals surface area contributed by atoms with Crippen molar-refractivity contribution in [1.82, 2.24) is 4.90 Å². The van der Waals surface area contributed by atoms with Crippen LogP contribution in [0.2, 0.25) is 0 Å². The fraction of sp³-hybridized carbons (Fsp3) is 0.923. The highest BCUT2D eigenvalue weighted by Gasteiger charge is 2.49. The Morgan fingerprint density at radius 3 is 2.24 bits per heavy atom. The normalized spacial score (nSPS) is 26.1. The van der Waals surface area contributed by atoms with Crippen LogP contribution in [0.25, 0.3) is 0 Å². The maximum atomic E-state index is 11.8. The van der Waals surface area contributed by atoms with Crippen molar-refractivity contribution in [1.29, 1.82) is 0 Å². The van der Waals surface area contributed by atoms with Crippen LogP contribution in [0.5, 0.6) is 0 Å². The Hall–Kier alpha value is -0.610. The van der Waals surface area contributed by atoms with Gasteiger partial charge in [0.1, 0.15) is 0 Å². The molecule has 2 heterocycles. The van der Waals surface area contributed by atoms with E-state index < -0.39 is 5.79 Å². The van der Waals surface area contributed by atoms with E-state index in [2.05, 4.69) is 13.8 Å². The number of hydrogen-bond donors (Lipinski definition) is 0. The van der Waals surface area contributed by atoms with Gasteiger partial charge in [0.25, 0.3) is 0 Å². The minimum Gasteiger partial charge on any atom is -0.350 e. The topological polar surface area (TPSA) is 38.8 Å². The van der Waals surface area contributed by atoms with Gasteiger partial charge in [-0.05, 0) is 19.8 Å². The van der Waals surface area contributed by atoms with E-state index in [9.17, 15) is 4.79 Å². The van der Waals surface area contributed by atoms with E-state index in [1.165, 1.54) is 0 Å². The van der Waals surface area contributed by atoms with Crippen LogP contribution in [0.3, 0.4) is 0 Å². The van der Waals surface area contributed by atoms with Crippen LogP contribution in [0.15, 0.2) is 0 Å². The summed E-state index contributed by atoms with van der Waals surface area (Å²) >= 11 is 0. The fourth-order valence-corrected chi connectivity index (χ4v) is 2.34. The first-order chi connectivity index (χ1) is 7.82. The highest BCUT2D eigenvalue weighted by molar-refractivity contribution is 5.77. The standard InChI is InChI=1S/C13H23NO3/c1-10(2)5-11(15)14-6-13(7-14)8-16-12(3,4)17-9-13/h10H,5-9H2,1-4H3. The van der Waals surface area contributed by atoms with Crippen LogP contribution in [0.4, 0.5) is 0 Å². The van der Waals surface area contributed by atoms with Crippen molar-refractivity contribution in [2.75, 3.05) is 26.3 Å². The van der Waals surface area contributed by atoms with Crippen LogP contribution in [-0.4, -0.2) is 42.9 Å². The Morgan fingerprint density at radius 2 is 1.76 bits per heavy atom. The third-order valence-corrected chi connectivity index (χ3v) is 3.44. The van der Waals surface area contributed by atoms with E-state index in [-0.39, 0.29) is 11.3 Å². The largest absolute Gasteiger partial charge is 0.350 e. The summed E-state index contributed by atoms with van der Waals surface area (Å²) in [6.45, 7) is 11.0. The zero-order valence-electron chi connectivity index (χ0n) is 11.3. The molecule has 2 saturated heterocycles. The van der Waals surface area contributed by atoms with Crippen LogP contribution in [0, 0.1) is 11.3 Å². The lowest BCUT2D eigenvalue weighted by Gasteiger charge is -2.54. The molecular weight excluding hydrogens is 218 g/mol. The molecule has 2 rings (SSSR count). The first-order valence-corrected chi connectivity index (χ1v) is 6.38. The van der Waals surface area contributed by atoms with E-state index in [0.717, 1.165) is 13.1 Å². The third kappa shape index (κ3) is 2.80. The zero-order chi connectivity index (χ0) is 12.7. The lowest BCUT2D eigenvalue weighted by Crippen LogP contribution is -2.65. The van der Waals surface area contributed by atoms with Gasteiger partial charge in [-0.1, -0.05) is 13.8 Å². The summed E-state index contributed by atoms with van der Waals surface area (Å²) in [4.78, 5) is 13.8. The molecule has 98 valence electrons. The second-order valence-electron chi connectivity index (χ2n) is 6.32. The predicted octanol–water partition coefficient (Wildman–Crippen LogP) is 1.64. The highest BCUT2D eigenvalue weighted by Crippen LogP contribution is 2.37. The molecule has 0 aromatic carbocycles. The molecule has 0 aromatic rings. The molecule has 0 unspecified atom stereocenters. The summed E-state index contributed by atoms with van der Waals surface area (Å²) < 4.78 is 11.3. The molecule has 2 fully saturated rings. The predicted molar refractivity (Wildman–Crippen MR) is 64.5 cm³/mol. The molecule has 2 aliphatic heterocycles. The molecule has 0 aliphatic carbocycles. The molecule has 4 heteroatoms. The summed E-state index contributed by atoms with van der Waals surface area (Å²) in [5, 5.41) is 0. The number of carbonyl (C=O) groups is 1. The van der Waals surface area contributed by atoms with Crippen molar-refractivity contribution in [3.05, 3.63) is 0 Å². The molecule has 2 aliphatic rings. The third-order valence-electron chi connectivity index (χ3n) is 3.44. The molecule has 1 spiro atoms. The number of rotatable bonds is 2.